The maximum Gasteiger partial charge on any atom is 0.573 e. The van der Waals surface area contributed by atoms with Gasteiger partial charge in [-0.1, -0.05) is 97.1 Å². The van der Waals surface area contributed by atoms with Crippen LogP contribution in [0.4, 0.5) is 18.9 Å². The summed E-state index contributed by atoms with van der Waals surface area (Å²) >= 11 is 0. The van der Waals surface area contributed by atoms with Crippen LogP contribution in [0.1, 0.15) is 41.2 Å². The van der Waals surface area contributed by atoms with Crippen LogP contribution in [0.2, 0.25) is 0 Å². The Balaban J connectivity index is 0.00000500. The summed E-state index contributed by atoms with van der Waals surface area (Å²) < 4.78 is 41.7. The number of carboxylic acid groups (broad SMARTS) is 1. The third-order valence-corrected chi connectivity index (χ3v) is 7.59. The summed E-state index contributed by atoms with van der Waals surface area (Å²) in [5.74, 6) is -2.32. The fraction of sp³-hybridized carbons (Fsp3) is 0.229. The van der Waals surface area contributed by atoms with Gasteiger partial charge in [-0.3, -0.25) is 9.89 Å². The minimum Gasteiger partial charge on any atom is -0.625 e. The van der Waals surface area contributed by atoms with Gasteiger partial charge in [0.05, 0.1) is 17.7 Å². The molecule has 0 bridgehead atoms. The molecule has 1 aliphatic heterocycles. The van der Waals surface area contributed by atoms with E-state index in [9.17, 15) is 33.0 Å². The van der Waals surface area contributed by atoms with Gasteiger partial charge in [0.1, 0.15) is 11.9 Å². The van der Waals surface area contributed by atoms with Gasteiger partial charge in [-0.15, -0.1) is 18.9 Å². The first kappa shape index (κ1) is 35.3. The summed E-state index contributed by atoms with van der Waals surface area (Å²) in [4.78, 5) is 32.6. The molecule has 1 amide bonds. The minimum atomic E-state index is -4.91. The number of aliphatic hydroxyl groups is 1. The molecule has 0 aliphatic carbocycles. The number of halogens is 3. The molecule has 0 spiro atoms. The third kappa shape index (κ3) is 9.28. The van der Waals surface area contributed by atoms with E-state index in [-0.39, 0.29) is 39.4 Å². The first-order valence-electron chi connectivity index (χ1n) is 14.6. The first-order valence-corrected chi connectivity index (χ1v) is 14.6. The molecule has 47 heavy (non-hydrogen) atoms. The van der Waals surface area contributed by atoms with Crippen LogP contribution in [-0.4, -0.2) is 57.7 Å². The second-order valence-corrected chi connectivity index (χ2v) is 10.8. The Labute approximate surface area is 279 Å². The van der Waals surface area contributed by atoms with Crippen molar-refractivity contribution in [3.63, 3.8) is 0 Å². The van der Waals surface area contributed by atoms with Crippen LogP contribution in [-0.2, 0) is 32.6 Å². The summed E-state index contributed by atoms with van der Waals surface area (Å²) in [6.07, 6.45) is -5.14. The minimum absolute atomic E-state index is 0. The maximum atomic E-state index is 13.6. The molecule has 0 unspecified atom stereocenters. The number of carbonyl (C=O) groups excluding carboxylic acids is 1. The molecule has 1 fully saturated rings. The number of aliphatic carboxylic acids is 1. The number of rotatable bonds is 11. The van der Waals surface area contributed by atoms with Crippen molar-refractivity contribution in [2.75, 3.05) is 6.54 Å². The van der Waals surface area contributed by atoms with E-state index in [2.05, 4.69) is 19.9 Å². The predicted octanol–water partition coefficient (Wildman–Crippen LogP) is 6.80. The summed E-state index contributed by atoms with van der Waals surface area (Å²) in [7, 11) is 0. The number of likely N-dealkylation sites (tertiary alicyclic amines) is 1. The molecule has 0 saturated carbocycles. The molecule has 0 radical (unpaired) electrons. The maximum absolute atomic E-state index is 13.6. The SMILES string of the molecule is O=C(O)[C@@H](N=C(c1ccccc1)c1ccccc1[N-]C(=O)[C@@H]1CCCN1Cc1ccccc1)[C@@H](O)c1ccc(OC(F)(F)F)cc1.[Ni]. The van der Waals surface area contributed by atoms with Crippen molar-refractivity contribution in [2.45, 2.75) is 43.9 Å². The molecule has 2 N–H and O–H groups in total. The smallest absolute Gasteiger partial charge is 0.573 e. The number of carbonyl (C=O) groups is 2. The van der Waals surface area contributed by atoms with Crippen molar-refractivity contribution < 1.29 is 54.2 Å². The van der Waals surface area contributed by atoms with E-state index in [0.717, 1.165) is 42.8 Å². The van der Waals surface area contributed by atoms with Crippen LogP contribution < -0.4 is 4.74 Å². The molecule has 1 heterocycles. The zero-order valence-corrected chi connectivity index (χ0v) is 25.9. The summed E-state index contributed by atoms with van der Waals surface area (Å²) in [5.41, 5.74) is 2.45. The second-order valence-electron chi connectivity index (χ2n) is 10.8. The normalized spacial score (nSPS) is 16.5. The molecule has 0 aromatic heterocycles. The summed E-state index contributed by atoms with van der Waals surface area (Å²) in [6.45, 7) is 1.35. The molecule has 4 aromatic rings. The molecule has 3 atom stereocenters. The molecule has 12 heteroatoms. The van der Waals surface area contributed by atoms with Crippen LogP contribution in [0.25, 0.3) is 5.32 Å². The predicted molar refractivity (Wildman–Crippen MR) is 166 cm³/mol. The van der Waals surface area contributed by atoms with Gasteiger partial charge in [0.2, 0.25) is 0 Å². The van der Waals surface area contributed by atoms with E-state index in [1.54, 1.807) is 54.6 Å². The van der Waals surface area contributed by atoms with E-state index >= 15 is 0 Å². The van der Waals surface area contributed by atoms with Gasteiger partial charge < -0.3 is 25.1 Å². The van der Waals surface area contributed by atoms with E-state index in [1.165, 1.54) is 0 Å². The third-order valence-electron chi connectivity index (χ3n) is 7.59. The molecule has 248 valence electrons. The molecule has 1 saturated heterocycles. The Morgan fingerprint density at radius 2 is 1.53 bits per heavy atom. The van der Waals surface area contributed by atoms with E-state index in [0.29, 0.717) is 24.1 Å². The van der Waals surface area contributed by atoms with Gasteiger partial charge in [0, 0.05) is 28.6 Å². The Morgan fingerprint density at radius 3 is 2.17 bits per heavy atom. The van der Waals surface area contributed by atoms with Gasteiger partial charge in [-0.2, -0.15) is 0 Å². The number of aliphatic imine (C=N–C) groups is 1. The Morgan fingerprint density at radius 1 is 0.915 bits per heavy atom. The van der Waals surface area contributed by atoms with E-state index < -0.39 is 36.3 Å². The van der Waals surface area contributed by atoms with Crippen molar-refractivity contribution >= 4 is 23.3 Å². The zero-order chi connectivity index (χ0) is 32.7. The first-order chi connectivity index (χ1) is 22.1. The van der Waals surface area contributed by atoms with E-state index in [1.807, 2.05) is 30.3 Å². The quantitative estimate of drug-likeness (QED) is 0.132. The second kappa shape index (κ2) is 15.9. The molecule has 4 aromatic carbocycles. The number of nitrogens with zero attached hydrogens (tertiary/aromatic N) is 3. The molecular formula is C35H31F3N3NiO5-. The van der Waals surface area contributed by atoms with Crippen molar-refractivity contribution in [1.29, 1.82) is 0 Å². The fourth-order valence-corrected chi connectivity index (χ4v) is 5.42. The summed E-state index contributed by atoms with van der Waals surface area (Å²) in [5, 5.41) is 25.7. The largest absolute Gasteiger partial charge is 0.625 e. The van der Waals surface area contributed by atoms with Crippen molar-refractivity contribution in [3.05, 3.63) is 137 Å². The number of aliphatic hydroxyl groups excluding tert-OH is 1. The molecule has 5 rings (SSSR count). The van der Waals surface area contributed by atoms with Crippen molar-refractivity contribution in [2.24, 2.45) is 4.99 Å². The van der Waals surface area contributed by atoms with Gasteiger partial charge in [-0.25, -0.2) is 4.79 Å². The van der Waals surface area contributed by atoms with E-state index in [4.69, 9.17) is 0 Å². The van der Waals surface area contributed by atoms with Crippen molar-refractivity contribution in [3.8, 4) is 5.75 Å². The number of hydrogen-bond donors (Lipinski definition) is 2. The number of hydrogen-bond acceptors (Lipinski definition) is 6. The van der Waals surface area contributed by atoms with Crippen LogP contribution in [0.15, 0.2) is 114 Å². The van der Waals surface area contributed by atoms with Gasteiger partial charge >= 0.3 is 12.3 Å². The number of para-hydroxylation sites is 1. The van der Waals surface area contributed by atoms with Gasteiger partial charge in [0.25, 0.3) is 0 Å². The average Bonchev–Trinajstić information content (AvgIpc) is 3.50. The molecule has 8 nitrogen and oxygen atoms in total. The number of carboxylic acids is 1. The number of alkyl halides is 3. The summed E-state index contributed by atoms with van der Waals surface area (Å²) in [6, 6.07) is 27.3. The van der Waals surface area contributed by atoms with Crippen LogP contribution >= 0.6 is 0 Å². The van der Waals surface area contributed by atoms with Gasteiger partial charge in [0.15, 0.2) is 6.04 Å². The number of amides is 1. The molecule has 1 aliphatic rings. The molecular weight excluding hydrogens is 658 g/mol. The number of ether oxygens (including phenoxy) is 1. The van der Waals surface area contributed by atoms with Crippen LogP contribution in [0.3, 0.4) is 0 Å². The Hall–Kier alpha value is -4.51. The van der Waals surface area contributed by atoms with Gasteiger partial charge in [-0.05, 0) is 48.2 Å². The zero-order valence-electron chi connectivity index (χ0n) is 24.9. The monoisotopic (exact) mass is 688 g/mol. The number of benzene rings is 4. The fourth-order valence-electron chi connectivity index (χ4n) is 5.42. The van der Waals surface area contributed by atoms with Crippen LogP contribution in [0.5, 0.6) is 5.75 Å². The Bertz CT molecular complexity index is 1670. The topological polar surface area (TPSA) is 114 Å². The van der Waals surface area contributed by atoms with Crippen molar-refractivity contribution in [1.82, 2.24) is 4.90 Å². The standard InChI is InChI=1S/C35H32F3N3O5.Ni/c36-35(37,38)46-26-19-17-25(18-20-26)32(42)31(34(44)45)40-30(24-12-5-2-6-13-24)27-14-7-8-15-28(27)39-33(43)29-16-9-21-41(29)22-23-10-3-1-4-11-23;/h1-8,10-15,17-20,29,31-32,42H,9,16,21-22H2,(H2,39,40,43,44,45);/p-1/t29-,31-,32-;/m0./s1. The Kier molecular flexibility index (Phi) is 11.9. The average molecular weight is 689 g/mol. The van der Waals surface area contributed by atoms with Crippen LogP contribution in [0, 0.1) is 0 Å².